The third kappa shape index (κ3) is 6.08. The molecule has 0 aliphatic carbocycles. The van der Waals surface area contributed by atoms with Crippen molar-refractivity contribution in [1.82, 2.24) is 9.97 Å². The van der Waals surface area contributed by atoms with Crippen molar-refractivity contribution in [2.45, 2.75) is 26.2 Å². The van der Waals surface area contributed by atoms with E-state index in [1.54, 1.807) is 0 Å². The molecule has 7 nitrogen and oxygen atoms in total. The summed E-state index contributed by atoms with van der Waals surface area (Å²) in [6.07, 6.45) is 2.86. The van der Waals surface area contributed by atoms with Gasteiger partial charge in [0.15, 0.2) is 0 Å². The first kappa shape index (κ1) is 19.4. The van der Waals surface area contributed by atoms with Crippen LogP contribution in [0, 0.1) is 6.92 Å². The second-order valence-corrected chi connectivity index (χ2v) is 6.70. The Morgan fingerprint density at radius 1 is 1.07 bits per heavy atom. The van der Waals surface area contributed by atoms with Gasteiger partial charge in [0.2, 0.25) is 5.95 Å². The molecule has 1 aliphatic rings. The Morgan fingerprint density at radius 3 is 2.59 bits per heavy atom. The predicted octanol–water partition coefficient (Wildman–Crippen LogP) is 2.94. The lowest BCUT2D eigenvalue weighted by Gasteiger charge is -2.28. The molecule has 1 fully saturated rings. The molecule has 0 amide bonds. The van der Waals surface area contributed by atoms with Gasteiger partial charge in [-0.25, -0.2) is 4.98 Å². The number of anilines is 4. The number of aromatic nitrogens is 2. The van der Waals surface area contributed by atoms with Gasteiger partial charge < -0.3 is 25.4 Å². The van der Waals surface area contributed by atoms with Crippen LogP contribution in [-0.4, -0.2) is 54.5 Å². The van der Waals surface area contributed by atoms with Crippen LogP contribution in [0.2, 0.25) is 0 Å². The maximum Gasteiger partial charge on any atom is 0.229 e. The van der Waals surface area contributed by atoms with Crippen molar-refractivity contribution in [2.75, 3.05) is 55.0 Å². The van der Waals surface area contributed by atoms with Crippen LogP contribution in [0.5, 0.6) is 0 Å². The molecule has 2 aromatic rings. The zero-order valence-corrected chi connectivity index (χ0v) is 15.9. The number of nitrogens with zero attached hydrogens (tertiary/aromatic N) is 3. The largest absolute Gasteiger partial charge is 0.396 e. The molecule has 146 valence electrons. The van der Waals surface area contributed by atoms with E-state index >= 15 is 0 Å². The number of unbranched alkanes of at least 4 members (excludes halogenated alkanes) is 2. The lowest BCUT2D eigenvalue weighted by Crippen LogP contribution is -2.36. The van der Waals surface area contributed by atoms with Crippen LogP contribution >= 0.6 is 0 Å². The SMILES string of the molecule is Cc1cc(NCCCCCO)nc(Nc2ccc(N3CCOCC3)cc2)n1. The number of hydrogen-bond acceptors (Lipinski definition) is 7. The number of aliphatic hydroxyl groups is 1. The minimum Gasteiger partial charge on any atom is -0.396 e. The molecule has 0 spiro atoms. The number of morpholine rings is 1. The smallest absolute Gasteiger partial charge is 0.229 e. The van der Waals surface area contributed by atoms with E-state index in [0.717, 1.165) is 69.3 Å². The number of nitrogens with one attached hydrogen (secondary N) is 2. The standard InChI is InChI=1S/C20H29N5O2/c1-16-15-19(21-9-3-2-4-12-26)24-20(22-16)23-17-5-7-18(8-6-17)25-10-13-27-14-11-25/h5-8,15,26H,2-4,9-14H2,1H3,(H2,21,22,23,24). The summed E-state index contributed by atoms with van der Waals surface area (Å²) in [6.45, 7) is 6.49. The third-order valence-corrected chi connectivity index (χ3v) is 4.49. The van der Waals surface area contributed by atoms with E-state index in [1.807, 2.05) is 13.0 Å². The van der Waals surface area contributed by atoms with Gasteiger partial charge in [-0.15, -0.1) is 0 Å². The molecule has 0 bridgehead atoms. The first-order valence-electron chi connectivity index (χ1n) is 9.65. The number of ether oxygens (including phenoxy) is 1. The molecule has 1 aliphatic heterocycles. The number of hydrogen-bond donors (Lipinski definition) is 3. The van der Waals surface area contributed by atoms with E-state index in [2.05, 4.69) is 49.8 Å². The summed E-state index contributed by atoms with van der Waals surface area (Å²) in [6, 6.07) is 10.3. The zero-order valence-electron chi connectivity index (χ0n) is 15.9. The highest BCUT2D eigenvalue weighted by molar-refractivity contribution is 5.60. The summed E-state index contributed by atoms with van der Waals surface area (Å²) in [5.74, 6) is 1.41. The van der Waals surface area contributed by atoms with Crippen molar-refractivity contribution in [3.63, 3.8) is 0 Å². The minimum atomic E-state index is 0.255. The summed E-state index contributed by atoms with van der Waals surface area (Å²) >= 11 is 0. The normalized spacial score (nSPS) is 14.2. The zero-order chi connectivity index (χ0) is 18.9. The fourth-order valence-corrected chi connectivity index (χ4v) is 3.05. The van der Waals surface area contributed by atoms with Gasteiger partial charge in [-0.2, -0.15) is 4.98 Å². The molecule has 2 heterocycles. The molecular weight excluding hydrogens is 342 g/mol. The highest BCUT2D eigenvalue weighted by atomic mass is 16.5. The summed E-state index contributed by atoms with van der Waals surface area (Å²) < 4.78 is 5.41. The van der Waals surface area contributed by atoms with Crippen molar-refractivity contribution in [3.8, 4) is 0 Å². The number of aryl methyl sites for hydroxylation is 1. The Bertz CT molecular complexity index is 702. The van der Waals surface area contributed by atoms with Gasteiger partial charge in [-0.1, -0.05) is 0 Å². The van der Waals surface area contributed by atoms with Crippen LogP contribution in [0.3, 0.4) is 0 Å². The summed E-state index contributed by atoms with van der Waals surface area (Å²) in [5.41, 5.74) is 3.08. The van der Waals surface area contributed by atoms with Gasteiger partial charge in [0, 0.05) is 49.4 Å². The fraction of sp³-hybridized carbons (Fsp3) is 0.500. The van der Waals surface area contributed by atoms with Crippen molar-refractivity contribution < 1.29 is 9.84 Å². The maximum absolute atomic E-state index is 8.83. The Labute approximate surface area is 160 Å². The van der Waals surface area contributed by atoms with Crippen LogP contribution in [0.4, 0.5) is 23.1 Å². The molecule has 1 saturated heterocycles. The van der Waals surface area contributed by atoms with Crippen LogP contribution in [0.1, 0.15) is 25.0 Å². The minimum absolute atomic E-state index is 0.255. The maximum atomic E-state index is 8.83. The topological polar surface area (TPSA) is 82.5 Å². The van der Waals surface area contributed by atoms with Crippen molar-refractivity contribution in [2.24, 2.45) is 0 Å². The quantitative estimate of drug-likeness (QED) is 0.585. The molecule has 0 saturated carbocycles. The summed E-state index contributed by atoms with van der Waals surface area (Å²) in [7, 11) is 0. The highest BCUT2D eigenvalue weighted by Crippen LogP contribution is 2.21. The Hall–Kier alpha value is -2.38. The average molecular weight is 371 g/mol. The first-order chi connectivity index (χ1) is 13.2. The molecule has 27 heavy (non-hydrogen) atoms. The average Bonchev–Trinajstić information content (AvgIpc) is 2.69. The van der Waals surface area contributed by atoms with Crippen LogP contribution in [0.15, 0.2) is 30.3 Å². The summed E-state index contributed by atoms with van der Waals surface area (Å²) in [4.78, 5) is 11.4. The highest BCUT2D eigenvalue weighted by Gasteiger charge is 2.11. The van der Waals surface area contributed by atoms with E-state index in [1.165, 1.54) is 5.69 Å². The molecule has 1 aromatic heterocycles. The van der Waals surface area contributed by atoms with Crippen LogP contribution in [0.25, 0.3) is 0 Å². The Balaban J connectivity index is 1.57. The molecule has 0 radical (unpaired) electrons. The fourth-order valence-electron chi connectivity index (χ4n) is 3.05. The van der Waals surface area contributed by atoms with Crippen molar-refractivity contribution in [1.29, 1.82) is 0 Å². The number of rotatable bonds is 9. The first-order valence-corrected chi connectivity index (χ1v) is 9.65. The number of aliphatic hydroxyl groups excluding tert-OH is 1. The van der Waals surface area contributed by atoms with Gasteiger partial charge in [0.1, 0.15) is 5.82 Å². The van der Waals surface area contributed by atoms with Gasteiger partial charge in [-0.05, 0) is 50.5 Å². The molecule has 3 N–H and O–H groups in total. The van der Waals surface area contributed by atoms with E-state index < -0.39 is 0 Å². The van der Waals surface area contributed by atoms with Gasteiger partial charge in [-0.3, -0.25) is 0 Å². The van der Waals surface area contributed by atoms with E-state index in [4.69, 9.17) is 9.84 Å². The predicted molar refractivity (Wildman–Crippen MR) is 109 cm³/mol. The molecule has 7 heteroatoms. The molecular formula is C20H29N5O2. The van der Waals surface area contributed by atoms with Gasteiger partial charge in [0.25, 0.3) is 0 Å². The van der Waals surface area contributed by atoms with Crippen molar-refractivity contribution >= 4 is 23.1 Å². The lowest BCUT2D eigenvalue weighted by molar-refractivity contribution is 0.122. The molecule has 0 atom stereocenters. The second-order valence-electron chi connectivity index (χ2n) is 6.70. The van der Waals surface area contributed by atoms with Crippen molar-refractivity contribution in [3.05, 3.63) is 36.0 Å². The molecule has 0 unspecified atom stereocenters. The summed E-state index contributed by atoms with van der Waals surface area (Å²) in [5, 5.41) is 15.4. The number of benzene rings is 1. The Kier molecular flexibility index (Phi) is 7.24. The van der Waals surface area contributed by atoms with Gasteiger partial charge >= 0.3 is 0 Å². The second kappa shape index (κ2) is 10.1. The van der Waals surface area contributed by atoms with Crippen LogP contribution in [-0.2, 0) is 4.74 Å². The van der Waals surface area contributed by atoms with E-state index in [0.29, 0.717) is 5.95 Å². The third-order valence-electron chi connectivity index (χ3n) is 4.49. The monoisotopic (exact) mass is 371 g/mol. The molecule has 3 rings (SSSR count). The van der Waals surface area contributed by atoms with Gasteiger partial charge in [0.05, 0.1) is 13.2 Å². The van der Waals surface area contributed by atoms with E-state index in [-0.39, 0.29) is 6.61 Å². The van der Waals surface area contributed by atoms with Crippen LogP contribution < -0.4 is 15.5 Å². The lowest BCUT2D eigenvalue weighted by atomic mass is 10.2. The van der Waals surface area contributed by atoms with E-state index in [9.17, 15) is 0 Å². The Morgan fingerprint density at radius 2 is 1.85 bits per heavy atom. The molecule has 1 aromatic carbocycles.